The number of alkyl halides is 2. The fourth-order valence-electron chi connectivity index (χ4n) is 1.20. The summed E-state index contributed by atoms with van der Waals surface area (Å²) in [6.45, 7) is -3.33. The molecule has 0 saturated carbocycles. The van der Waals surface area contributed by atoms with Crippen LogP contribution >= 0.6 is 0 Å². The van der Waals surface area contributed by atoms with Crippen molar-refractivity contribution >= 4 is 17.9 Å². The predicted molar refractivity (Wildman–Crippen MR) is 52.1 cm³/mol. The largest absolute Gasteiger partial charge is 0.478 e. The average Bonchev–Trinajstić information content (AvgIpc) is 2.26. The number of nitro groups is 1. The molecule has 0 aliphatic heterocycles. The zero-order valence-corrected chi connectivity index (χ0v) is 8.50. The van der Waals surface area contributed by atoms with Crippen LogP contribution in [0.1, 0.15) is 20.7 Å². The third kappa shape index (κ3) is 2.75. The third-order valence-corrected chi connectivity index (χ3v) is 1.90. The minimum absolute atomic E-state index is 0.0749. The second kappa shape index (κ2) is 5.17. The number of benzene rings is 1. The van der Waals surface area contributed by atoms with Crippen LogP contribution in [0.5, 0.6) is 5.75 Å². The van der Waals surface area contributed by atoms with Crippen LogP contribution in [0.25, 0.3) is 0 Å². The fraction of sp³-hybridized carbons (Fsp3) is 0.111. The molecule has 0 aliphatic rings. The summed E-state index contributed by atoms with van der Waals surface area (Å²) < 4.78 is 27.9. The summed E-state index contributed by atoms with van der Waals surface area (Å²) in [5.74, 6) is -2.47. The first-order chi connectivity index (χ1) is 8.36. The molecule has 0 aromatic heterocycles. The number of aromatic carboxylic acids is 1. The van der Waals surface area contributed by atoms with Crippen LogP contribution in [0.2, 0.25) is 0 Å². The molecule has 0 amide bonds. The monoisotopic (exact) mass is 261 g/mol. The summed E-state index contributed by atoms with van der Waals surface area (Å²) in [4.78, 5) is 30.8. The molecule has 0 bridgehead atoms. The van der Waals surface area contributed by atoms with Gasteiger partial charge in [0.1, 0.15) is 0 Å². The van der Waals surface area contributed by atoms with Crippen LogP contribution in [0, 0.1) is 10.1 Å². The number of carboxylic acid groups (broad SMARTS) is 1. The number of nitro benzene ring substituents is 1. The van der Waals surface area contributed by atoms with E-state index in [0.717, 1.165) is 0 Å². The summed E-state index contributed by atoms with van der Waals surface area (Å²) in [6.07, 6.45) is 0.0749. The van der Waals surface area contributed by atoms with Crippen LogP contribution < -0.4 is 4.74 Å². The van der Waals surface area contributed by atoms with Gasteiger partial charge >= 0.3 is 18.3 Å². The highest BCUT2D eigenvalue weighted by Crippen LogP contribution is 2.31. The molecule has 7 nitrogen and oxygen atoms in total. The number of nitrogens with zero attached hydrogens (tertiary/aromatic N) is 1. The molecule has 1 aromatic rings. The molecule has 0 radical (unpaired) electrons. The SMILES string of the molecule is O=Cc1cc(OC(F)F)c([N+](=O)[O-])cc1C(=O)O. The summed E-state index contributed by atoms with van der Waals surface area (Å²) in [5, 5.41) is 19.3. The number of carbonyl (C=O) groups is 2. The molecule has 1 rings (SSSR count). The van der Waals surface area contributed by atoms with Crippen molar-refractivity contribution in [2.45, 2.75) is 6.61 Å². The van der Waals surface area contributed by atoms with Gasteiger partial charge in [-0.2, -0.15) is 8.78 Å². The van der Waals surface area contributed by atoms with Gasteiger partial charge in [-0.3, -0.25) is 14.9 Å². The Hall–Kier alpha value is -2.58. The van der Waals surface area contributed by atoms with Crippen molar-refractivity contribution in [2.24, 2.45) is 0 Å². The Labute approximate surface area is 97.7 Å². The molecule has 0 saturated heterocycles. The van der Waals surface area contributed by atoms with E-state index >= 15 is 0 Å². The molecular weight excluding hydrogens is 256 g/mol. The van der Waals surface area contributed by atoms with Crippen molar-refractivity contribution in [3.8, 4) is 5.75 Å². The van der Waals surface area contributed by atoms with Gasteiger partial charge in [-0.1, -0.05) is 0 Å². The van der Waals surface area contributed by atoms with E-state index in [1.165, 1.54) is 0 Å². The lowest BCUT2D eigenvalue weighted by atomic mass is 10.1. The van der Waals surface area contributed by atoms with E-state index in [0.29, 0.717) is 12.1 Å². The van der Waals surface area contributed by atoms with Crippen molar-refractivity contribution in [1.29, 1.82) is 0 Å². The van der Waals surface area contributed by atoms with Crippen molar-refractivity contribution < 1.29 is 33.1 Å². The first-order valence-corrected chi connectivity index (χ1v) is 4.32. The van der Waals surface area contributed by atoms with Gasteiger partial charge in [0.05, 0.1) is 10.5 Å². The normalized spacial score (nSPS) is 10.2. The maximum Gasteiger partial charge on any atom is 0.387 e. The molecule has 0 atom stereocenters. The van der Waals surface area contributed by atoms with Gasteiger partial charge in [0.2, 0.25) is 5.75 Å². The zero-order chi connectivity index (χ0) is 13.9. The lowest BCUT2D eigenvalue weighted by Crippen LogP contribution is -2.08. The van der Waals surface area contributed by atoms with Crippen LogP contribution in [0.3, 0.4) is 0 Å². The second-order valence-electron chi connectivity index (χ2n) is 2.97. The zero-order valence-electron chi connectivity index (χ0n) is 8.50. The molecule has 96 valence electrons. The first-order valence-electron chi connectivity index (χ1n) is 4.32. The highest BCUT2D eigenvalue weighted by atomic mass is 19.3. The predicted octanol–water partition coefficient (Wildman–Crippen LogP) is 1.71. The number of carbonyl (C=O) groups excluding carboxylic acids is 1. The lowest BCUT2D eigenvalue weighted by Gasteiger charge is -2.07. The Kier molecular flexibility index (Phi) is 3.87. The summed E-state index contributed by atoms with van der Waals surface area (Å²) in [7, 11) is 0. The molecule has 0 aliphatic carbocycles. The summed E-state index contributed by atoms with van der Waals surface area (Å²) >= 11 is 0. The van der Waals surface area contributed by atoms with Gasteiger partial charge in [0.15, 0.2) is 6.29 Å². The molecule has 0 fully saturated rings. The summed E-state index contributed by atoms with van der Waals surface area (Å²) in [5.41, 5.74) is -2.12. The van der Waals surface area contributed by atoms with Crippen molar-refractivity contribution in [2.75, 3.05) is 0 Å². The number of carboxylic acids is 1. The molecule has 0 heterocycles. The van der Waals surface area contributed by atoms with E-state index in [2.05, 4.69) is 4.74 Å². The van der Waals surface area contributed by atoms with Gasteiger partial charge in [-0.15, -0.1) is 0 Å². The number of hydrogen-bond acceptors (Lipinski definition) is 5. The Morgan fingerprint density at radius 2 is 2.11 bits per heavy atom. The van der Waals surface area contributed by atoms with Crippen LogP contribution in [-0.4, -0.2) is 28.9 Å². The van der Waals surface area contributed by atoms with E-state index in [1.54, 1.807) is 0 Å². The van der Waals surface area contributed by atoms with E-state index in [1.807, 2.05) is 0 Å². The van der Waals surface area contributed by atoms with Crippen molar-refractivity contribution in [3.05, 3.63) is 33.4 Å². The Bertz CT molecular complexity index is 516. The molecule has 9 heteroatoms. The minimum Gasteiger partial charge on any atom is -0.478 e. The first kappa shape index (κ1) is 13.5. The Morgan fingerprint density at radius 1 is 1.50 bits per heavy atom. The van der Waals surface area contributed by atoms with Crippen LogP contribution in [0.15, 0.2) is 12.1 Å². The molecule has 1 aromatic carbocycles. The van der Waals surface area contributed by atoms with Gasteiger partial charge in [-0.05, 0) is 6.07 Å². The fourth-order valence-corrected chi connectivity index (χ4v) is 1.20. The van der Waals surface area contributed by atoms with Gasteiger partial charge in [0.25, 0.3) is 0 Å². The average molecular weight is 261 g/mol. The second-order valence-corrected chi connectivity index (χ2v) is 2.97. The van der Waals surface area contributed by atoms with E-state index in [-0.39, 0.29) is 6.29 Å². The minimum atomic E-state index is -3.33. The van der Waals surface area contributed by atoms with Gasteiger partial charge < -0.3 is 9.84 Å². The topological polar surface area (TPSA) is 107 Å². The molecular formula is C9H5F2NO6. The highest BCUT2D eigenvalue weighted by Gasteiger charge is 2.24. The van der Waals surface area contributed by atoms with Crippen LogP contribution in [-0.2, 0) is 0 Å². The van der Waals surface area contributed by atoms with Gasteiger partial charge in [-0.25, -0.2) is 4.79 Å². The van der Waals surface area contributed by atoms with Crippen LogP contribution in [0.4, 0.5) is 14.5 Å². The molecule has 0 unspecified atom stereocenters. The number of aldehydes is 1. The number of ether oxygens (including phenoxy) is 1. The quantitative estimate of drug-likeness (QED) is 0.491. The summed E-state index contributed by atoms with van der Waals surface area (Å²) in [6, 6.07) is 1.07. The maximum atomic E-state index is 12.0. The Balaban J connectivity index is 3.46. The molecule has 18 heavy (non-hydrogen) atoms. The van der Waals surface area contributed by atoms with E-state index in [9.17, 15) is 28.5 Å². The van der Waals surface area contributed by atoms with E-state index in [4.69, 9.17) is 5.11 Å². The van der Waals surface area contributed by atoms with Gasteiger partial charge in [0, 0.05) is 11.6 Å². The standard InChI is InChI=1S/C9H5F2NO6/c10-9(11)18-7-1-4(3-13)5(8(14)15)2-6(7)12(16)17/h1-3,9H,(H,14,15). The number of rotatable bonds is 5. The lowest BCUT2D eigenvalue weighted by molar-refractivity contribution is -0.386. The Morgan fingerprint density at radius 3 is 2.50 bits per heavy atom. The van der Waals surface area contributed by atoms with E-state index < -0.39 is 40.1 Å². The number of halogens is 2. The molecule has 0 spiro atoms. The van der Waals surface area contributed by atoms with Crippen molar-refractivity contribution in [3.63, 3.8) is 0 Å². The maximum absolute atomic E-state index is 12.0. The smallest absolute Gasteiger partial charge is 0.387 e. The molecule has 1 N–H and O–H groups in total. The third-order valence-electron chi connectivity index (χ3n) is 1.90. The highest BCUT2D eigenvalue weighted by molar-refractivity contribution is 5.98. The number of hydrogen-bond donors (Lipinski definition) is 1. The van der Waals surface area contributed by atoms with Crippen molar-refractivity contribution in [1.82, 2.24) is 0 Å².